The van der Waals surface area contributed by atoms with Crippen molar-refractivity contribution in [1.82, 2.24) is 15.5 Å². The average molecular weight is 546 g/mol. The highest BCUT2D eigenvalue weighted by atomic mass is 19.1. The molecule has 3 aromatic carbocycles. The number of hydrogen-bond donors (Lipinski definition) is 2. The van der Waals surface area contributed by atoms with Gasteiger partial charge >= 0.3 is 6.09 Å². The molecule has 210 valence electrons. The second-order valence-corrected chi connectivity index (χ2v) is 11.1. The molecular weight excluding hydrogens is 509 g/mol. The Labute approximate surface area is 234 Å². The standard InChI is InChI=1S/C32H36FN3O4/c1-32(2,3)40-31(39)35-26(17-24-14-9-10-16-27(24)33)19-29(37)36-21-25-15-8-7-13-23(25)18-28(36)30(38)34-20-22-11-5-4-6-12-22/h4-16,26,28H,17-21H2,1-3H3,(H,34,38)(H,35,39)/t26-,28+/m1/s1. The van der Waals surface area contributed by atoms with Crippen molar-refractivity contribution in [2.45, 2.75) is 70.8 Å². The zero-order chi connectivity index (χ0) is 28.7. The number of alkyl carbamates (subject to hydrolysis) is 1. The van der Waals surface area contributed by atoms with Gasteiger partial charge in [0.25, 0.3) is 0 Å². The molecule has 7 nitrogen and oxygen atoms in total. The molecule has 0 aromatic heterocycles. The van der Waals surface area contributed by atoms with Crippen LogP contribution in [0, 0.1) is 5.82 Å². The first-order valence-corrected chi connectivity index (χ1v) is 13.5. The van der Waals surface area contributed by atoms with Crippen molar-refractivity contribution >= 4 is 17.9 Å². The van der Waals surface area contributed by atoms with Gasteiger partial charge in [-0.25, -0.2) is 9.18 Å². The molecule has 8 heteroatoms. The van der Waals surface area contributed by atoms with Crippen LogP contribution in [0.5, 0.6) is 0 Å². The fraction of sp³-hybridized carbons (Fsp3) is 0.344. The van der Waals surface area contributed by atoms with E-state index in [9.17, 15) is 18.8 Å². The minimum Gasteiger partial charge on any atom is -0.444 e. The number of nitrogens with one attached hydrogen (secondary N) is 2. The number of ether oxygens (including phenoxy) is 1. The topological polar surface area (TPSA) is 87.7 Å². The summed E-state index contributed by atoms with van der Waals surface area (Å²) in [5.41, 5.74) is 2.57. The molecule has 0 unspecified atom stereocenters. The molecule has 2 N–H and O–H groups in total. The monoisotopic (exact) mass is 545 g/mol. The molecule has 3 amide bonds. The molecule has 3 aromatic rings. The van der Waals surface area contributed by atoms with Crippen molar-refractivity contribution in [1.29, 1.82) is 0 Å². The van der Waals surface area contributed by atoms with Gasteiger partial charge in [-0.3, -0.25) is 9.59 Å². The lowest BCUT2D eigenvalue weighted by molar-refractivity contribution is -0.142. The maximum Gasteiger partial charge on any atom is 0.407 e. The van der Waals surface area contributed by atoms with Gasteiger partial charge in [0.05, 0.1) is 0 Å². The van der Waals surface area contributed by atoms with E-state index in [1.54, 1.807) is 43.9 Å². The Morgan fingerprint density at radius 2 is 1.60 bits per heavy atom. The molecule has 2 atom stereocenters. The van der Waals surface area contributed by atoms with Crippen LogP contribution < -0.4 is 10.6 Å². The Morgan fingerprint density at radius 1 is 0.950 bits per heavy atom. The molecule has 0 saturated heterocycles. The smallest absolute Gasteiger partial charge is 0.407 e. The van der Waals surface area contributed by atoms with Gasteiger partial charge in [0.1, 0.15) is 17.5 Å². The molecule has 1 aliphatic rings. The highest BCUT2D eigenvalue weighted by molar-refractivity contribution is 5.89. The third-order valence-electron chi connectivity index (χ3n) is 6.75. The first-order valence-electron chi connectivity index (χ1n) is 13.5. The summed E-state index contributed by atoms with van der Waals surface area (Å²) in [5.74, 6) is -0.986. The Balaban J connectivity index is 1.54. The van der Waals surface area contributed by atoms with Crippen LogP contribution in [0.15, 0.2) is 78.9 Å². The molecule has 40 heavy (non-hydrogen) atoms. The number of fused-ring (bicyclic) bond motifs is 1. The van der Waals surface area contributed by atoms with Gasteiger partial charge in [-0.15, -0.1) is 0 Å². The lowest BCUT2D eigenvalue weighted by Crippen LogP contribution is -2.53. The van der Waals surface area contributed by atoms with Crippen LogP contribution in [0.3, 0.4) is 0 Å². The minimum atomic E-state index is -0.746. The number of carbonyl (C=O) groups is 3. The lowest BCUT2D eigenvalue weighted by Gasteiger charge is -2.37. The number of benzene rings is 3. The maximum atomic E-state index is 14.5. The van der Waals surface area contributed by atoms with E-state index in [1.165, 1.54) is 6.07 Å². The summed E-state index contributed by atoms with van der Waals surface area (Å²) in [4.78, 5) is 41.4. The number of nitrogens with zero attached hydrogens (tertiary/aromatic N) is 1. The van der Waals surface area contributed by atoms with Gasteiger partial charge in [-0.1, -0.05) is 72.8 Å². The zero-order valence-electron chi connectivity index (χ0n) is 23.2. The number of rotatable bonds is 8. The van der Waals surface area contributed by atoms with Crippen LogP contribution in [-0.4, -0.2) is 40.5 Å². The van der Waals surface area contributed by atoms with Crippen molar-refractivity contribution in [3.63, 3.8) is 0 Å². The van der Waals surface area contributed by atoms with E-state index in [2.05, 4.69) is 10.6 Å². The Kier molecular flexibility index (Phi) is 9.19. The second-order valence-electron chi connectivity index (χ2n) is 11.1. The van der Waals surface area contributed by atoms with Gasteiger partial charge in [-0.05, 0) is 55.5 Å². The molecule has 4 rings (SSSR count). The minimum absolute atomic E-state index is 0.0902. The van der Waals surface area contributed by atoms with Crippen LogP contribution in [0.2, 0.25) is 0 Å². The first-order chi connectivity index (χ1) is 19.1. The van der Waals surface area contributed by atoms with Gasteiger partial charge < -0.3 is 20.3 Å². The SMILES string of the molecule is CC(C)(C)OC(=O)N[C@@H](CC(=O)N1Cc2ccccc2C[C@H]1C(=O)NCc1ccccc1)Cc1ccccc1F. The van der Waals surface area contributed by atoms with Gasteiger partial charge in [-0.2, -0.15) is 0 Å². The van der Waals surface area contributed by atoms with Crippen LogP contribution in [0.4, 0.5) is 9.18 Å². The zero-order valence-corrected chi connectivity index (χ0v) is 23.2. The Bertz CT molecular complexity index is 1340. The predicted molar refractivity (Wildman–Crippen MR) is 151 cm³/mol. The van der Waals surface area contributed by atoms with E-state index in [-0.39, 0.29) is 31.2 Å². The maximum absolute atomic E-state index is 14.5. The fourth-order valence-corrected chi connectivity index (χ4v) is 4.83. The molecule has 1 aliphatic heterocycles. The fourth-order valence-electron chi connectivity index (χ4n) is 4.83. The average Bonchev–Trinajstić information content (AvgIpc) is 2.91. The summed E-state index contributed by atoms with van der Waals surface area (Å²) >= 11 is 0. The summed E-state index contributed by atoms with van der Waals surface area (Å²) in [6, 6.07) is 22.1. The predicted octanol–water partition coefficient (Wildman–Crippen LogP) is 4.92. The van der Waals surface area contributed by atoms with E-state index in [4.69, 9.17) is 4.74 Å². The van der Waals surface area contributed by atoms with Crippen LogP contribution in [0.25, 0.3) is 0 Å². The highest BCUT2D eigenvalue weighted by Gasteiger charge is 2.35. The molecule has 0 fully saturated rings. The van der Waals surface area contributed by atoms with Crippen molar-refractivity contribution < 1.29 is 23.5 Å². The van der Waals surface area contributed by atoms with Crippen LogP contribution >= 0.6 is 0 Å². The largest absolute Gasteiger partial charge is 0.444 e. The molecule has 0 bridgehead atoms. The van der Waals surface area contributed by atoms with Gasteiger partial charge in [0.15, 0.2) is 0 Å². The summed E-state index contributed by atoms with van der Waals surface area (Å²) in [7, 11) is 0. The molecule has 0 spiro atoms. The van der Waals surface area contributed by atoms with Crippen molar-refractivity contribution in [3.8, 4) is 0 Å². The molecule has 1 heterocycles. The van der Waals surface area contributed by atoms with Gasteiger partial charge in [0.2, 0.25) is 11.8 Å². The van der Waals surface area contributed by atoms with Crippen molar-refractivity contribution in [3.05, 3.63) is 107 Å². The molecule has 0 saturated carbocycles. The lowest BCUT2D eigenvalue weighted by atomic mass is 9.92. The summed E-state index contributed by atoms with van der Waals surface area (Å²) in [5, 5.41) is 5.72. The van der Waals surface area contributed by atoms with Gasteiger partial charge in [0, 0.05) is 32.0 Å². The normalized spacial score (nSPS) is 15.5. The number of hydrogen-bond acceptors (Lipinski definition) is 4. The van der Waals surface area contributed by atoms with Crippen molar-refractivity contribution in [2.24, 2.45) is 0 Å². The first kappa shape index (κ1) is 28.8. The van der Waals surface area contributed by atoms with E-state index in [0.717, 1.165) is 16.7 Å². The molecule has 0 radical (unpaired) electrons. The van der Waals surface area contributed by atoms with Crippen LogP contribution in [0.1, 0.15) is 49.4 Å². The van der Waals surface area contributed by atoms with E-state index < -0.39 is 29.6 Å². The quantitative estimate of drug-likeness (QED) is 0.421. The van der Waals surface area contributed by atoms with E-state index in [0.29, 0.717) is 18.5 Å². The third kappa shape index (κ3) is 7.91. The number of halogens is 1. The second kappa shape index (κ2) is 12.8. The Hall–Kier alpha value is -4.20. The Morgan fingerprint density at radius 3 is 2.30 bits per heavy atom. The third-order valence-corrected chi connectivity index (χ3v) is 6.75. The molecule has 0 aliphatic carbocycles. The number of carbonyl (C=O) groups excluding carboxylic acids is 3. The summed E-state index contributed by atoms with van der Waals surface area (Å²) < 4.78 is 19.9. The highest BCUT2D eigenvalue weighted by Crippen LogP contribution is 2.25. The summed E-state index contributed by atoms with van der Waals surface area (Å²) in [6.45, 7) is 5.83. The van der Waals surface area contributed by atoms with Crippen LogP contribution in [-0.2, 0) is 40.3 Å². The number of amides is 3. The van der Waals surface area contributed by atoms with E-state index >= 15 is 0 Å². The van der Waals surface area contributed by atoms with Crippen molar-refractivity contribution in [2.75, 3.05) is 0 Å². The molecular formula is C32H36FN3O4. The van der Waals surface area contributed by atoms with E-state index in [1.807, 2.05) is 54.6 Å². The summed E-state index contributed by atoms with van der Waals surface area (Å²) in [6.07, 6.45) is -0.353.